The highest BCUT2D eigenvalue weighted by Gasteiger charge is 2.70. The molecule has 149 heavy (non-hydrogen) atoms. The summed E-state index contributed by atoms with van der Waals surface area (Å²) >= 11 is 0. The number of hydrogen-bond donors (Lipinski definition) is 9. The fourth-order valence-electron chi connectivity index (χ4n) is 29.1. The van der Waals surface area contributed by atoms with Crippen molar-refractivity contribution in [2.75, 3.05) is 48.3 Å². The zero-order chi connectivity index (χ0) is 108. The monoisotopic (exact) mass is 2100 g/mol. The lowest BCUT2D eigenvalue weighted by molar-refractivity contribution is -0.341. The van der Waals surface area contributed by atoms with Gasteiger partial charge in [0.15, 0.2) is 48.3 Å². The van der Waals surface area contributed by atoms with E-state index in [2.05, 4.69) is 88.3 Å². The molecule has 0 aromatic heterocycles. The molecule has 6 aliphatic carbocycles. The van der Waals surface area contributed by atoms with Crippen molar-refractivity contribution >= 4 is 23.5 Å². The largest absolute Gasteiger partial charge is 0.462 e. The lowest BCUT2D eigenvalue weighted by Gasteiger charge is -2.60. The number of rotatable bonds is 17. The van der Waals surface area contributed by atoms with Crippen LogP contribution in [0.1, 0.15) is 266 Å². The molecule has 33 heteroatoms. The van der Waals surface area contributed by atoms with Crippen LogP contribution in [0, 0.1) is 75.9 Å². The second kappa shape index (κ2) is 47.6. The summed E-state index contributed by atoms with van der Waals surface area (Å²) in [4.78, 5) is 52.9. The number of aliphatic hydroxyl groups excluding tert-OH is 6. The van der Waals surface area contributed by atoms with E-state index >= 15 is 0 Å². The zero-order valence-corrected chi connectivity index (χ0v) is 91.9. The maximum atomic E-state index is 14.4. The number of Topliss-reactive ketones (excluding diaryl/α,β-unsaturated/α-hetero) is 1. The molecular weight excluding hydrogens is 1920 g/mol. The lowest BCUT2D eigenvalue weighted by atomic mass is 9.45. The number of fused-ring (bicyclic) bond motifs is 9. The van der Waals surface area contributed by atoms with Gasteiger partial charge in [-0.2, -0.15) is 0 Å². The van der Waals surface area contributed by atoms with Gasteiger partial charge in [-0.15, -0.1) is 0 Å². The second-order valence-corrected chi connectivity index (χ2v) is 48.1. The van der Waals surface area contributed by atoms with Gasteiger partial charge in [-0.05, 0) is 206 Å². The first-order valence-electron chi connectivity index (χ1n) is 55.8. The van der Waals surface area contributed by atoms with Gasteiger partial charge in [0.25, 0.3) is 0 Å². The van der Waals surface area contributed by atoms with Crippen LogP contribution in [-0.4, -0.2) is 324 Å². The Morgan fingerprint density at radius 1 is 0.497 bits per heavy atom. The minimum atomic E-state index is -1.82. The Morgan fingerprint density at radius 2 is 0.933 bits per heavy atom. The Labute approximate surface area is 880 Å². The number of esters is 2. The van der Waals surface area contributed by atoms with E-state index in [0.29, 0.717) is 136 Å². The summed E-state index contributed by atoms with van der Waals surface area (Å²) in [5.41, 5.74) is -0.860. The summed E-state index contributed by atoms with van der Waals surface area (Å²) in [6.45, 7) is 35.9. The molecule has 12 aliphatic heterocycles. The van der Waals surface area contributed by atoms with Crippen LogP contribution in [-0.2, 0) is 114 Å². The number of carbonyl (C=O) groups excluding carboxylic acids is 4. The van der Waals surface area contributed by atoms with Crippen LogP contribution in [0.5, 0.6) is 0 Å². The minimum absolute atomic E-state index is 0.00708. The third kappa shape index (κ3) is 23.4. The highest BCUT2D eigenvalue weighted by atomic mass is 16.8. The van der Waals surface area contributed by atoms with Crippen LogP contribution in [0.4, 0.5) is 0 Å². The molecule has 0 aromatic carbocycles. The molecule has 2 spiro atoms. The number of allylic oxidation sites excluding steroid dienone is 5. The molecule has 13 fully saturated rings. The van der Waals surface area contributed by atoms with E-state index in [1.807, 2.05) is 45.1 Å². The Hall–Kier alpha value is -5.14. The van der Waals surface area contributed by atoms with Crippen LogP contribution < -0.4 is 0 Å². The fraction of sp³-hybridized carbons (Fsp3) is 0.810. The molecular formula is C116H176O33. The standard InChI is InChI=1S/C48H74O14.C47H72O14.C21H30O5/c1-11-25(2)43-28(5)17-18-47(62-43)23-34-20-33(61-47)16-15-27(4)42(26(3)13-12-14-32-24-55-45-40(49)29(6)19-35(46(51)58-34)48(32,45)52)59-39-22-37(54-10)44(31(8)57-39)60-38-21-36(53-9)41(50)30(7)56-38;1-24(2)41-27(5)16-17-46(61-41)22-33-19-32(60-46)15-14-26(4)42(25(3)12-11-13-31-23-54-44-39(48)28(6)18-34(45(50)57-33)47(31,44)51)58-38-21-36(53-10)43(30(8)56-38)59-37-20-35(52-9)40(49)29(7)55-37;1-19-7-5-13(23)9-12(19)3-4-14-15-6-8-21(26,17(25)11-22)20(15,2)10-16(24)18(14)19/h12-15,19,25-26,28,30-31,33-45,49-50,52H,11,16-18,20-24H2,1-10H3;11-14,18,24-25,27,29-30,32-44,48-49,51H,15-17,19-23H2,1-10H3;9,14-16,18,22,24,26H,3-8,10-11H2,1-2H3/b13-12+,27-15+,32-14+;12-11+,26-14+,31-13+;/t25-,26-,28-,30-,31-,33+,34-,35-,36-,37-,38-,39-,40+,41-,42-,43+,44-,45+,47+,48+;25-,27-,29-,30-,32+,33-,34-,35-,36-,37-,38-,39+,40-,41+,42-,43-,44+,46+,47+;14-,15-,16-,18+,19-,20-,21-/m000/s1. The van der Waals surface area contributed by atoms with Gasteiger partial charge in [-0.1, -0.05) is 142 Å². The molecule has 18 rings (SSSR count). The number of carbonyl (C=O) groups is 4. The lowest BCUT2D eigenvalue weighted by Crippen LogP contribution is -2.62. The Bertz CT molecular complexity index is 4920. The van der Waals surface area contributed by atoms with E-state index in [1.165, 1.54) is 5.57 Å². The maximum Gasteiger partial charge on any atom is 0.316 e. The predicted octanol–water partition coefficient (Wildman–Crippen LogP) is 12.6. The molecule has 12 heterocycles. The van der Waals surface area contributed by atoms with E-state index in [9.17, 15) is 65.1 Å². The predicted molar refractivity (Wildman–Crippen MR) is 545 cm³/mol. The number of methoxy groups -OCH3 is 4. The van der Waals surface area contributed by atoms with Crippen molar-refractivity contribution in [3.8, 4) is 0 Å². The minimum Gasteiger partial charge on any atom is -0.462 e. The average molecular weight is 2100 g/mol. The first-order chi connectivity index (χ1) is 70.6. The van der Waals surface area contributed by atoms with Crippen molar-refractivity contribution in [3.05, 3.63) is 106 Å². The second-order valence-electron chi connectivity index (χ2n) is 48.1. The van der Waals surface area contributed by atoms with E-state index in [4.69, 9.17) is 94.7 Å². The molecule has 46 atom stereocenters. The van der Waals surface area contributed by atoms with Crippen LogP contribution in [0.15, 0.2) is 106 Å². The molecule has 0 aromatic rings. The summed E-state index contributed by atoms with van der Waals surface area (Å²) in [6, 6.07) is 0. The van der Waals surface area contributed by atoms with Crippen molar-refractivity contribution in [2.24, 2.45) is 75.9 Å². The van der Waals surface area contributed by atoms with Gasteiger partial charge in [-0.25, -0.2) is 0 Å². The van der Waals surface area contributed by atoms with E-state index in [-0.39, 0.29) is 96.5 Å². The van der Waals surface area contributed by atoms with Crippen LogP contribution >= 0.6 is 0 Å². The smallest absolute Gasteiger partial charge is 0.316 e. The summed E-state index contributed by atoms with van der Waals surface area (Å²) in [5, 5.41) is 100. The first-order valence-corrected chi connectivity index (χ1v) is 55.8. The molecule has 838 valence electrons. The van der Waals surface area contributed by atoms with Gasteiger partial charge < -0.3 is 141 Å². The number of ketones is 2. The molecule has 0 unspecified atom stereocenters. The molecule has 18 aliphatic rings. The highest BCUT2D eigenvalue weighted by molar-refractivity contribution is 5.92. The normalized spacial score (nSPS) is 49.7. The van der Waals surface area contributed by atoms with Crippen molar-refractivity contribution < 1.29 is 160 Å². The molecule has 0 amide bonds. The fourth-order valence-corrected chi connectivity index (χ4v) is 29.1. The Morgan fingerprint density at radius 3 is 1.38 bits per heavy atom. The zero-order valence-electron chi connectivity index (χ0n) is 91.9. The third-order valence-corrected chi connectivity index (χ3v) is 38.0. The highest BCUT2D eigenvalue weighted by Crippen LogP contribution is 2.68. The van der Waals surface area contributed by atoms with Gasteiger partial charge in [0, 0.05) is 116 Å². The van der Waals surface area contributed by atoms with E-state index < -0.39 is 211 Å². The molecule has 4 bridgehead atoms. The number of ether oxygens (including phenoxy) is 20. The quantitative estimate of drug-likeness (QED) is 0.0482. The molecule has 0 radical (unpaired) electrons. The molecule has 3 saturated carbocycles. The van der Waals surface area contributed by atoms with Gasteiger partial charge in [0.2, 0.25) is 0 Å². The molecule has 33 nitrogen and oxygen atoms in total. The van der Waals surface area contributed by atoms with Crippen molar-refractivity contribution in [2.45, 2.75) is 472 Å². The Balaban J connectivity index is 0.000000172. The number of hydrogen-bond acceptors (Lipinski definition) is 33. The number of aliphatic hydroxyl groups is 9. The van der Waals surface area contributed by atoms with Gasteiger partial charge in [0.1, 0.15) is 96.3 Å². The third-order valence-electron chi connectivity index (χ3n) is 38.0. The molecule has 9 N–H and O–H groups in total. The van der Waals surface area contributed by atoms with Crippen LogP contribution in [0.25, 0.3) is 0 Å². The topological polar surface area (TPSA) is 435 Å². The van der Waals surface area contributed by atoms with Crippen LogP contribution in [0.3, 0.4) is 0 Å². The first kappa shape index (κ1) is 116. The summed E-state index contributed by atoms with van der Waals surface area (Å²) < 4.78 is 128. The van der Waals surface area contributed by atoms with Gasteiger partial charge in [0.05, 0.1) is 105 Å². The van der Waals surface area contributed by atoms with E-state index in [1.54, 1.807) is 86.5 Å². The summed E-state index contributed by atoms with van der Waals surface area (Å²) in [5.74, 6) is -4.11. The average Bonchev–Trinajstić information content (AvgIpc) is 1.56. The maximum absolute atomic E-state index is 14.4. The van der Waals surface area contributed by atoms with Crippen LogP contribution in [0.2, 0.25) is 0 Å². The van der Waals surface area contributed by atoms with Gasteiger partial charge in [-0.3, -0.25) is 19.2 Å². The Kier molecular flexibility index (Phi) is 37.1. The van der Waals surface area contributed by atoms with Crippen molar-refractivity contribution in [3.63, 3.8) is 0 Å². The van der Waals surface area contributed by atoms with Gasteiger partial charge >= 0.3 is 11.9 Å². The summed E-state index contributed by atoms with van der Waals surface area (Å²) in [7, 11) is 6.45. The molecule has 10 saturated heterocycles. The summed E-state index contributed by atoms with van der Waals surface area (Å²) in [6.07, 6.45) is 17.8. The van der Waals surface area contributed by atoms with Crippen molar-refractivity contribution in [1.29, 1.82) is 0 Å². The van der Waals surface area contributed by atoms with Crippen molar-refractivity contribution in [1.82, 2.24) is 0 Å². The SMILES string of the molecule is CC[C@H](C)[C@H]1O[C@]2(CC[C@@H]1C)C[C@@H]1C[C@@H](C/C=C(\C)[C@@H](O[C@H]3C[C@H](OC)[C@@H](O[C@H]4C[C@H](OC)[C@@H](O)[C@H](C)O4)[C@H](C)O3)[C@@H](C)/C=C/C=C3\CO[C@@H]4[C@H](O)C(C)=C[C@@H](C(=O)O1)[C@]34O)O2.CO[C@H]1C[C@H](O[C@H]2[C@H](C)O[C@@H](O[C@@H]3/C(C)=C/C[C@@H]4C[C@@H](C[C@]5(CC[C@H](C)[C@@H](C(C)C)O5)O4)OC(=O)[C@@H]4C=C(C)[C@@H](O)[C@H]5OC/C(=C\C=C\[C@@H]3C)[C@]54O)C[C@@H]2OC)O[C@@H](C)[C@@H]1O.C[C@]12CCC(=O)C=C1CC[C@@H]1[C@@H]2[C@@H](O)C[C@@]2(C)[C@H]1CC[C@]2(O)C(=O)CO. The van der Waals surface area contributed by atoms with E-state index in [0.717, 1.165) is 56.1 Å².